The number of H-pyrrole nitrogens is 1. The van der Waals surface area contributed by atoms with Crippen LogP contribution in [0.5, 0.6) is 5.75 Å². The number of rotatable bonds is 3. The summed E-state index contributed by atoms with van der Waals surface area (Å²) in [6, 6.07) is 12.7. The van der Waals surface area contributed by atoms with Crippen molar-refractivity contribution >= 4 is 16.9 Å². The van der Waals surface area contributed by atoms with Crippen LogP contribution in [0.1, 0.15) is 77.2 Å². The van der Waals surface area contributed by atoms with Gasteiger partial charge in [-0.15, -0.1) is 0 Å². The molecule has 1 aliphatic carbocycles. The number of aromatic nitrogens is 1. The lowest BCUT2D eigenvalue weighted by Gasteiger charge is -2.56. The molecular formula is C30H34N2O3. The summed E-state index contributed by atoms with van der Waals surface area (Å²) in [6.07, 6.45) is 9.10. The molecule has 0 amide bonds. The maximum absolute atomic E-state index is 13.5. The van der Waals surface area contributed by atoms with Gasteiger partial charge in [0.25, 0.3) is 0 Å². The number of esters is 1. The van der Waals surface area contributed by atoms with E-state index in [0.717, 1.165) is 61.1 Å². The SMILES string of the molecule is Cc1[nH]c2ccc3c(c2c1C(=O)OC[C@H]1CCc2ccccc21)CC1CCCN2CCCCC12O3. The van der Waals surface area contributed by atoms with E-state index in [4.69, 9.17) is 9.47 Å². The lowest BCUT2D eigenvalue weighted by molar-refractivity contribution is -0.177. The van der Waals surface area contributed by atoms with Gasteiger partial charge in [0.15, 0.2) is 5.72 Å². The first-order chi connectivity index (χ1) is 17.1. The van der Waals surface area contributed by atoms with Crippen molar-refractivity contribution in [1.82, 2.24) is 9.88 Å². The van der Waals surface area contributed by atoms with Gasteiger partial charge in [0.2, 0.25) is 0 Å². The second-order valence-corrected chi connectivity index (χ2v) is 11.1. The molecule has 3 aliphatic heterocycles. The molecule has 2 aromatic carbocycles. The first-order valence-corrected chi connectivity index (χ1v) is 13.5. The Balaban J connectivity index is 1.21. The van der Waals surface area contributed by atoms with Crippen LogP contribution in [-0.2, 0) is 17.6 Å². The standard InChI is InChI=1S/C30H34N2O3/c1-19-27(29(33)34-18-21-11-10-20-7-2-3-9-23(20)21)28-24-17-22-8-6-16-32-15-5-4-14-30(22,32)35-26(24)13-12-25(28)31-19/h2-3,7,9,12-13,21-22,31H,4-6,8,10-11,14-18H2,1H3/t21-,22?,30?/m1/s1. The maximum atomic E-state index is 13.5. The van der Waals surface area contributed by atoms with E-state index < -0.39 is 0 Å². The number of benzene rings is 2. The Kier molecular flexibility index (Phi) is 4.99. The summed E-state index contributed by atoms with van der Waals surface area (Å²) in [4.78, 5) is 19.6. The average molecular weight is 471 g/mol. The molecule has 0 radical (unpaired) electrons. The van der Waals surface area contributed by atoms with E-state index in [-0.39, 0.29) is 17.6 Å². The molecule has 1 aromatic heterocycles. The number of aromatic amines is 1. The number of piperidine rings is 2. The van der Waals surface area contributed by atoms with Crippen LogP contribution in [0.15, 0.2) is 36.4 Å². The van der Waals surface area contributed by atoms with Gasteiger partial charge in [0.1, 0.15) is 5.75 Å². The largest absolute Gasteiger partial charge is 0.472 e. The third-order valence-electron chi connectivity index (χ3n) is 9.20. The van der Waals surface area contributed by atoms with Crippen LogP contribution in [-0.4, -0.2) is 41.3 Å². The molecular weight excluding hydrogens is 436 g/mol. The van der Waals surface area contributed by atoms with Gasteiger partial charge in [0.05, 0.1) is 12.2 Å². The molecule has 5 heteroatoms. The number of nitrogens with one attached hydrogen (secondary N) is 1. The fraction of sp³-hybridized carbons (Fsp3) is 0.500. The van der Waals surface area contributed by atoms with Crippen molar-refractivity contribution in [2.75, 3.05) is 19.7 Å². The molecule has 5 nitrogen and oxygen atoms in total. The Morgan fingerprint density at radius 2 is 2.03 bits per heavy atom. The van der Waals surface area contributed by atoms with Gasteiger partial charge in [-0.2, -0.15) is 0 Å². The highest BCUT2D eigenvalue weighted by atomic mass is 16.5. The van der Waals surface area contributed by atoms with Gasteiger partial charge in [-0.1, -0.05) is 24.3 Å². The lowest BCUT2D eigenvalue weighted by atomic mass is 9.74. The molecule has 0 bridgehead atoms. The Morgan fingerprint density at radius 3 is 2.97 bits per heavy atom. The van der Waals surface area contributed by atoms with Crippen molar-refractivity contribution in [2.45, 2.75) is 69.9 Å². The molecule has 2 unspecified atom stereocenters. The van der Waals surface area contributed by atoms with Crippen molar-refractivity contribution in [3.8, 4) is 5.75 Å². The van der Waals surface area contributed by atoms with Crippen LogP contribution in [0.4, 0.5) is 0 Å². The van der Waals surface area contributed by atoms with Crippen LogP contribution in [0.3, 0.4) is 0 Å². The second-order valence-electron chi connectivity index (χ2n) is 11.1. The zero-order chi connectivity index (χ0) is 23.6. The highest BCUT2D eigenvalue weighted by Crippen LogP contribution is 2.50. The zero-order valence-corrected chi connectivity index (χ0v) is 20.6. The van der Waals surface area contributed by atoms with E-state index >= 15 is 0 Å². The van der Waals surface area contributed by atoms with Gasteiger partial charge in [-0.25, -0.2) is 4.79 Å². The molecule has 3 aromatic rings. The van der Waals surface area contributed by atoms with E-state index in [1.165, 1.54) is 42.4 Å². The van der Waals surface area contributed by atoms with Gasteiger partial charge in [0, 0.05) is 53.5 Å². The minimum atomic E-state index is -0.213. The molecule has 0 saturated carbocycles. The summed E-state index contributed by atoms with van der Waals surface area (Å²) in [5, 5.41) is 1.01. The Morgan fingerprint density at radius 1 is 1.14 bits per heavy atom. The molecule has 7 rings (SSSR count). The summed E-state index contributed by atoms with van der Waals surface area (Å²) in [5.41, 5.74) is 6.34. The van der Waals surface area contributed by atoms with Crippen molar-refractivity contribution in [3.63, 3.8) is 0 Å². The zero-order valence-electron chi connectivity index (χ0n) is 20.6. The number of carbonyl (C=O) groups excluding carboxylic acids is 1. The van der Waals surface area contributed by atoms with Crippen LogP contribution < -0.4 is 4.74 Å². The predicted octanol–water partition coefficient (Wildman–Crippen LogP) is 5.89. The first-order valence-electron chi connectivity index (χ1n) is 13.5. The lowest BCUT2D eigenvalue weighted by Crippen LogP contribution is -2.64. The normalized spacial score (nSPS) is 27.5. The number of carbonyl (C=O) groups is 1. The minimum absolute atomic E-state index is 0.154. The summed E-state index contributed by atoms with van der Waals surface area (Å²) in [6.45, 7) is 4.70. The van der Waals surface area contributed by atoms with E-state index in [1.54, 1.807) is 0 Å². The van der Waals surface area contributed by atoms with Gasteiger partial charge in [-0.05, 0) is 75.1 Å². The number of hydrogen-bond donors (Lipinski definition) is 1. The van der Waals surface area contributed by atoms with Crippen LogP contribution >= 0.6 is 0 Å². The third kappa shape index (κ3) is 3.27. The van der Waals surface area contributed by atoms with Crippen molar-refractivity contribution in [1.29, 1.82) is 0 Å². The molecule has 35 heavy (non-hydrogen) atoms. The molecule has 4 aliphatic rings. The van der Waals surface area contributed by atoms with Gasteiger partial charge in [-0.3, -0.25) is 4.90 Å². The fourth-order valence-corrected chi connectivity index (χ4v) is 7.53. The van der Waals surface area contributed by atoms with E-state index in [9.17, 15) is 4.79 Å². The predicted molar refractivity (Wildman–Crippen MR) is 136 cm³/mol. The van der Waals surface area contributed by atoms with Crippen molar-refractivity contribution < 1.29 is 14.3 Å². The van der Waals surface area contributed by atoms with Gasteiger partial charge >= 0.3 is 5.97 Å². The average Bonchev–Trinajstić information content (AvgIpc) is 3.45. The quantitative estimate of drug-likeness (QED) is 0.485. The topological polar surface area (TPSA) is 54.6 Å². The molecule has 182 valence electrons. The molecule has 3 atom stereocenters. The smallest absolute Gasteiger partial charge is 0.340 e. The van der Waals surface area contributed by atoms with Crippen LogP contribution in [0.25, 0.3) is 10.9 Å². The number of hydrogen-bond acceptors (Lipinski definition) is 4. The molecule has 2 saturated heterocycles. The highest BCUT2D eigenvalue weighted by molar-refractivity contribution is 6.07. The summed E-state index contributed by atoms with van der Waals surface area (Å²) in [5.74, 6) is 1.51. The highest BCUT2D eigenvalue weighted by Gasteiger charge is 2.52. The minimum Gasteiger partial charge on any atom is -0.472 e. The summed E-state index contributed by atoms with van der Waals surface area (Å²) < 4.78 is 12.9. The summed E-state index contributed by atoms with van der Waals surface area (Å²) in [7, 11) is 0. The van der Waals surface area contributed by atoms with Crippen molar-refractivity contribution in [3.05, 3.63) is 64.3 Å². The Hall–Kier alpha value is -2.79. The number of fused-ring (bicyclic) bond motifs is 4. The number of nitrogens with zero attached hydrogens (tertiary/aromatic N) is 1. The molecule has 1 spiro atoms. The monoisotopic (exact) mass is 470 g/mol. The Bertz CT molecular complexity index is 1310. The third-order valence-corrected chi connectivity index (χ3v) is 9.20. The molecule has 1 N–H and O–H groups in total. The number of aryl methyl sites for hydroxylation is 2. The van der Waals surface area contributed by atoms with Gasteiger partial charge < -0.3 is 14.5 Å². The van der Waals surface area contributed by atoms with Crippen LogP contribution in [0, 0.1) is 12.8 Å². The van der Waals surface area contributed by atoms with Crippen molar-refractivity contribution in [2.24, 2.45) is 5.92 Å². The molecule has 4 heterocycles. The number of ether oxygens (including phenoxy) is 2. The van der Waals surface area contributed by atoms with Crippen LogP contribution in [0.2, 0.25) is 0 Å². The summed E-state index contributed by atoms with van der Waals surface area (Å²) >= 11 is 0. The van der Waals surface area contributed by atoms with E-state index in [0.29, 0.717) is 18.1 Å². The maximum Gasteiger partial charge on any atom is 0.340 e. The molecule has 2 fully saturated rings. The Labute approximate surface area is 206 Å². The first kappa shape index (κ1) is 21.5. The fourth-order valence-electron chi connectivity index (χ4n) is 7.53. The van der Waals surface area contributed by atoms with E-state index in [2.05, 4.69) is 46.3 Å². The van der Waals surface area contributed by atoms with E-state index in [1.807, 2.05) is 6.92 Å². The second kappa shape index (κ2) is 8.12.